The van der Waals surface area contributed by atoms with Gasteiger partial charge < -0.3 is 15.7 Å². The summed E-state index contributed by atoms with van der Waals surface area (Å²) in [6, 6.07) is 13.2. The molecule has 243 valence electrons. The van der Waals surface area contributed by atoms with Crippen LogP contribution in [0, 0.1) is 29.4 Å². The molecule has 3 N–H and O–H groups in total. The molecule has 3 saturated carbocycles. The van der Waals surface area contributed by atoms with Gasteiger partial charge >= 0.3 is 5.97 Å². The van der Waals surface area contributed by atoms with Gasteiger partial charge in [-0.15, -0.1) is 23.2 Å². The maximum absolute atomic E-state index is 13.3. The van der Waals surface area contributed by atoms with Crippen molar-refractivity contribution in [2.45, 2.75) is 96.3 Å². The third-order valence-electron chi connectivity index (χ3n) is 8.24. The summed E-state index contributed by atoms with van der Waals surface area (Å²) in [5, 5.41) is 14.6. The number of amides is 1. The molecule has 5 rings (SSSR count). The van der Waals surface area contributed by atoms with E-state index < -0.39 is 5.97 Å². The van der Waals surface area contributed by atoms with Crippen molar-refractivity contribution < 1.29 is 23.5 Å². The summed E-state index contributed by atoms with van der Waals surface area (Å²) in [6.45, 7) is 0.918. The molecule has 0 heterocycles. The molecule has 3 radical (unpaired) electrons. The number of carbonyl (C=O) groups is 2. The van der Waals surface area contributed by atoms with E-state index in [0.717, 1.165) is 63.8 Å². The second-order valence-corrected chi connectivity index (χ2v) is 12.3. The molecular formula is C34H48BCl2F2N2O3. The van der Waals surface area contributed by atoms with Crippen molar-refractivity contribution in [3.8, 4) is 0 Å². The number of halogens is 4. The number of anilines is 2. The summed E-state index contributed by atoms with van der Waals surface area (Å²) in [5.74, 6) is -0.384. The van der Waals surface area contributed by atoms with Crippen LogP contribution in [-0.4, -0.2) is 37.3 Å². The van der Waals surface area contributed by atoms with E-state index in [1.54, 1.807) is 30.3 Å². The standard InChI is InChI=1S/C13H16FNO.C13H18FN.C7H12O2.CH2Cl2.B/c14-11-8-4-5-9-12(11)15-13(16)10-6-2-1-3-7-10;14-12-8-4-5-9-13(12)15-10-11-6-2-1-3-7-11;8-7(9)6-4-2-1-3-5-6;2-1-3;/h4-5,8-10H,1-3,6-7H2,(H,15,16);4-5,8-9,11,15H,1-3,6-7,10H2;6H,1-5H2,(H,8,9);1H2;. The largest absolute Gasteiger partial charge is 0.481 e. The number of rotatable bonds is 6. The van der Waals surface area contributed by atoms with E-state index in [0.29, 0.717) is 5.69 Å². The SMILES string of the molecule is ClCCl.Fc1ccccc1NCC1CCCCC1.O=C(Nc1ccccc1F)C1CCCCC1.O=C(O)C1CCCCC1.[B]. The van der Waals surface area contributed by atoms with Crippen molar-refractivity contribution in [3.63, 3.8) is 0 Å². The zero-order chi connectivity index (χ0) is 31.3. The van der Waals surface area contributed by atoms with Gasteiger partial charge in [-0.25, -0.2) is 8.78 Å². The second kappa shape index (κ2) is 24.0. The average Bonchev–Trinajstić information content (AvgIpc) is 3.04. The van der Waals surface area contributed by atoms with E-state index in [1.165, 1.54) is 57.1 Å². The van der Waals surface area contributed by atoms with Gasteiger partial charge in [-0.1, -0.05) is 82.1 Å². The minimum atomic E-state index is -0.602. The highest BCUT2D eigenvalue weighted by molar-refractivity contribution is 6.40. The van der Waals surface area contributed by atoms with E-state index in [4.69, 9.17) is 28.3 Å². The van der Waals surface area contributed by atoms with Crippen molar-refractivity contribution in [1.82, 2.24) is 0 Å². The first-order valence-corrected chi connectivity index (χ1v) is 16.8. The first-order valence-electron chi connectivity index (χ1n) is 15.7. The highest BCUT2D eigenvalue weighted by atomic mass is 35.5. The Hall–Kier alpha value is -2.32. The van der Waals surface area contributed by atoms with Crippen LogP contribution in [0.2, 0.25) is 0 Å². The lowest BCUT2D eigenvalue weighted by Gasteiger charge is -2.22. The smallest absolute Gasteiger partial charge is 0.306 e. The molecule has 3 aliphatic carbocycles. The Morgan fingerprint density at radius 1 is 0.682 bits per heavy atom. The molecule has 2 aromatic rings. The molecule has 0 bridgehead atoms. The normalized spacial score (nSPS) is 17.1. The van der Waals surface area contributed by atoms with Gasteiger partial charge in [-0.3, -0.25) is 9.59 Å². The predicted molar refractivity (Wildman–Crippen MR) is 180 cm³/mol. The van der Waals surface area contributed by atoms with Crippen molar-refractivity contribution in [3.05, 3.63) is 60.2 Å². The molecule has 0 atom stereocenters. The molecule has 2 aromatic carbocycles. The number of alkyl halides is 2. The van der Waals surface area contributed by atoms with Crippen molar-refractivity contribution in [2.75, 3.05) is 22.5 Å². The zero-order valence-electron chi connectivity index (χ0n) is 25.7. The summed E-state index contributed by atoms with van der Waals surface area (Å²) in [5.41, 5.74) is 0.932. The Balaban J connectivity index is 0.000000322. The van der Waals surface area contributed by atoms with Gasteiger partial charge in [0, 0.05) is 20.9 Å². The van der Waals surface area contributed by atoms with E-state index >= 15 is 0 Å². The van der Waals surface area contributed by atoms with Gasteiger partial charge in [-0.2, -0.15) is 0 Å². The fourth-order valence-electron chi connectivity index (χ4n) is 5.76. The fraction of sp³-hybridized carbons (Fsp3) is 0.588. The van der Waals surface area contributed by atoms with Gasteiger partial charge in [0.2, 0.25) is 5.91 Å². The third kappa shape index (κ3) is 16.1. The van der Waals surface area contributed by atoms with Gasteiger partial charge in [-0.05, 0) is 68.7 Å². The maximum atomic E-state index is 13.3. The summed E-state index contributed by atoms with van der Waals surface area (Å²) in [7, 11) is 0. The molecule has 0 spiro atoms. The van der Waals surface area contributed by atoms with Crippen molar-refractivity contribution in [1.29, 1.82) is 0 Å². The lowest BCUT2D eigenvalue weighted by atomic mass is 9.88. The monoisotopic (exact) mass is 651 g/mol. The van der Waals surface area contributed by atoms with Crippen LogP contribution in [0.4, 0.5) is 20.2 Å². The van der Waals surface area contributed by atoms with Crippen LogP contribution in [0.25, 0.3) is 0 Å². The highest BCUT2D eigenvalue weighted by Crippen LogP contribution is 2.26. The molecular weight excluding hydrogens is 604 g/mol. The van der Waals surface area contributed by atoms with Crippen LogP contribution in [0.1, 0.15) is 96.3 Å². The second-order valence-electron chi connectivity index (χ2n) is 11.4. The average molecular weight is 652 g/mol. The van der Waals surface area contributed by atoms with Gasteiger partial charge in [0.1, 0.15) is 11.6 Å². The number of hydrogen-bond donors (Lipinski definition) is 3. The van der Waals surface area contributed by atoms with Crippen LogP contribution in [0.3, 0.4) is 0 Å². The molecule has 44 heavy (non-hydrogen) atoms. The highest BCUT2D eigenvalue weighted by Gasteiger charge is 2.22. The Kier molecular flexibility index (Phi) is 21.6. The maximum Gasteiger partial charge on any atom is 0.306 e. The van der Waals surface area contributed by atoms with Crippen molar-refractivity contribution in [2.24, 2.45) is 17.8 Å². The number of carbonyl (C=O) groups excluding carboxylic acids is 1. The van der Waals surface area contributed by atoms with Crippen LogP contribution in [0.15, 0.2) is 48.5 Å². The van der Waals surface area contributed by atoms with E-state index in [1.807, 2.05) is 6.07 Å². The predicted octanol–water partition coefficient (Wildman–Crippen LogP) is 9.85. The Labute approximate surface area is 274 Å². The number of nitrogens with one attached hydrogen (secondary N) is 2. The molecule has 0 aromatic heterocycles. The summed E-state index contributed by atoms with van der Waals surface area (Å²) in [4.78, 5) is 22.2. The third-order valence-corrected chi connectivity index (χ3v) is 8.24. The van der Waals surface area contributed by atoms with E-state index in [-0.39, 0.29) is 48.8 Å². The molecule has 1 amide bonds. The van der Waals surface area contributed by atoms with Gasteiger partial charge in [0.05, 0.1) is 22.6 Å². The number of carboxylic acids is 1. The summed E-state index contributed by atoms with van der Waals surface area (Å²) >= 11 is 9.53. The summed E-state index contributed by atoms with van der Waals surface area (Å²) < 4.78 is 26.6. The molecule has 10 heteroatoms. The number of para-hydroxylation sites is 2. The van der Waals surface area contributed by atoms with Crippen LogP contribution >= 0.6 is 23.2 Å². The van der Waals surface area contributed by atoms with E-state index in [2.05, 4.69) is 10.6 Å². The Bertz CT molecular complexity index is 1060. The van der Waals surface area contributed by atoms with Gasteiger partial charge in [0.15, 0.2) is 0 Å². The first-order chi connectivity index (χ1) is 20.8. The fourth-order valence-corrected chi connectivity index (χ4v) is 5.76. The molecule has 0 aliphatic heterocycles. The molecule has 3 fully saturated rings. The number of hydrogen-bond acceptors (Lipinski definition) is 3. The number of benzene rings is 2. The Morgan fingerprint density at radius 3 is 1.52 bits per heavy atom. The molecule has 0 saturated heterocycles. The van der Waals surface area contributed by atoms with Crippen LogP contribution in [-0.2, 0) is 9.59 Å². The van der Waals surface area contributed by atoms with Crippen molar-refractivity contribution >= 4 is 54.9 Å². The Morgan fingerprint density at radius 2 is 1.09 bits per heavy atom. The lowest BCUT2D eigenvalue weighted by molar-refractivity contribution is -0.142. The molecule has 5 nitrogen and oxygen atoms in total. The zero-order valence-corrected chi connectivity index (χ0v) is 27.2. The minimum Gasteiger partial charge on any atom is -0.481 e. The molecule has 0 unspecified atom stereocenters. The molecule has 3 aliphatic rings. The minimum absolute atomic E-state index is 0. The van der Waals surface area contributed by atoms with Crippen LogP contribution in [0.5, 0.6) is 0 Å². The first kappa shape index (κ1) is 39.7. The topological polar surface area (TPSA) is 78.4 Å². The van der Waals surface area contributed by atoms with E-state index in [9.17, 15) is 18.4 Å². The van der Waals surface area contributed by atoms with Crippen LogP contribution < -0.4 is 10.6 Å². The number of aliphatic carboxylic acids is 1. The number of carboxylic acid groups (broad SMARTS) is 1. The van der Waals surface area contributed by atoms with Gasteiger partial charge in [0.25, 0.3) is 0 Å². The summed E-state index contributed by atoms with van der Waals surface area (Å²) in [6.07, 6.45) is 17.2. The quantitative estimate of drug-likeness (QED) is 0.215. The lowest BCUT2D eigenvalue weighted by Crippen LogP contribution is -2.25.